The third-order valence-corrected chi connectivity index (χ3v) is 0. The van der Waals surface area contributed by atoms with Crippen molar-refractivity contribution >= 4 is 23.6 Å². The first kappa shape index (κ1) is 8.96. The van der Waals surface area contributed by atoms with Crippen LogP contribution in [0.15, 0.2) is 0 Å². The molecule has 1 N–H and O–H groups in total. The number of nitrogens with one attached hydrogen (secondary N) is 1. The molecular weight excluding hydrogens is 191 g/mol. The summed E-state index contributed by atoms with van der Waals surface area (Å²) in [6.07, 6.45) is 0. The van der Waals surface area contributed by atoms with Crippen LogP contribution in [0.2, 0.25) is 0 Å². The Hall–Kier alpha value is 1.20. The van der Waals surface area contributed by atoms with E-state index < -0.39 is 0 Å². The Morgan fingerprint density at radius 1 is 1.25 bits per heavy atom. The third kappa shape index (κ3) is 10.7. The van der Waals surface area contributed by atoms with Crippen molar-refractivity contribution in [3.05, 3.63) is 0 Å². The van der Waals surface area contributed by atoms with Gasteiger partial charge in [0.1, 0.15) is 0 Å². The maximum Gasteiger partial charge on any atom is 2.00 e. The molecule has 0 aliphatic rings. The zero-order chi connectivity index (χ0) is 2.71. The van der Waals surface area contributed by atoms with Crippen molar-refractivity contribution in [3.8, 4) is 0 Å². The Morgan fingerprint density at radius 2 is 1.25 bits per heavy atom. The first-order valence-corrected chi connectivity index (χ1v) is 1.13. The minimum absolute atomic E-state index is 0. The van der Waals surface area contributed by atoms with Crippen molar-refractivity contribution in [2.24, 2.45) is 0 Å². The van der Waals surface area contributed by atoms with E-state index in [1.807, 2.05) is 0 Å². The van der Waals surface area contributed by atoms with Gasteiger partial charge >= 0.3 is 20.4 Å². The van der Waals surface area contributed by atoms with E-state index in [1.54, 1.807) is 4.35 Å². The molecule has 1 nitrogen and oxygen atoms in total. The minimum atomic E-state index is 0. The molecule has 0 saturated carbocycles. The molecule has 0 bridgehead atoms. The maximum absolute atomic E-state index is 4.51. The van der Waals surface area contributed by atoms with Crippen LogP contribution in [0.25, 0.3) is 0 Å². The summed E-state index contributed by atoms with van der Waals surface area (Å²) in [7, 11) is 0. The number of hydrogen-bond donors (Lipinski definition) is 1. The largest absolute Gasteiger partial charge is 2.00 e. The van der Waals surface area contributed by atoms with Crippen LogP contribution in [-0.4, -0.2) is 0 Å². The molecule has 0 rings (SSSR count). The Labute approximate surface area is 48.5 Å². The molecule has 0 radical (unpaired) electrons. The van der Waals surface area contributed by atoms with Crippen molar-refractivity contribution in [3.63, 3.8) is 0 Å². The summed E-state index contributed by atoms with van der Waals surface area (Å²) in [5.74, 6) is 0. The van der Waals surface area contributed by atoms with Gasteiger partial charge in [0.25, 0.3) is 0 Å². The predicted molar refractivity (Wildman–Crippen MR) is 14.8 cm³/mol. The SMILES string of the molecule is ClNCl.[Pd+2]. The first-order valence-electron chi connectivity index (χ1n) is 0.378. The van der Waals surface area contributed by atoms with Crippen LogP contribution in [0.4, 0.5) is 0 Å². The Bertz CT molecular complexity index is 6.00. The summed E-state index contributed by atoms with van der Waals surface area (Å²) in [6.45, 7) is 0. The van der Waals surface area contributed by atoms with Crippen LogP contribution < -0.4 is 4.35 Å². The Kier molecular flexibility index (Phi) is 19.9. The Balaban J connectivity index is 0. The van der Waals surface area contributed by atoms with Gasteiger partial charge in [-0.25, -0.2) is 0 Å². The summed E-state index contributed by atoms with van der Waals surface area (Å²) in [5, 5.41) is 0. The summed E-state index contributed by atoms with van der Waals surface area (Å²) < 4.78 is 1.69. The van der Waals surface area contributed by atoms with E-state index >= 15 is 0 Å². The van der Waals surface area contributed by atoms with Gasteiger partial charge in [-0.3, -0.25) is 0 Å². The number of hydrogen-bond acceptors (Lipinski definition) is 1. The van der Waals surface area contributed by atoms with Gasteiger partial charge in [-0.15, -0.1) is 4.35 Å². The molecule has 0 aliphatic carbocycles. The summed E-state index contributed by atoms with van der Waals surface area (Å²) in [6, 6.07) is 0. The molecule has 0 atom stereocenters. The zero-order valence-electron chi connectivity index (χ0n) is 1.57. The number of halogens is 2. The van der Waals surface area contributed by atoms with Crippen molar-refractivity contribution in [1.82, 2.24) is 4.35 Å². The molecule has 0 aromatic heterocycles. The van der Waals surface area contributed by atoms with Crippen LogP contribution in [-0.2, 0) is 20.4 Å². The van der Waals surface area contributed by atoms with Gasteiger partial charge in [0.05, 0.1) is 0 Å². The Morgan fingerprint density at radius 3 is 1.25 bits per heavy atom. The van der Waals surface area contributed by atoms with E-state index in [9.17, 15) is 0 Å². The van der Waals surface area contributed by atoms with E-state index in [2.05, 4.69) is 23.6 Å². The second-order valence-electron chi connectivity index (χ2n) is 0.0714. The molecule has 4 heavy (non-hydrogen) atoms. The molecule has 0 heterocycles. The fraction of sp³-hybridized carbons (Fsp3) is 0. The van der Waals surface area contributed by atoms with Crippen LogP contribution in [0.1, 0.15) is 0 Å². The van der Waals surface area contributed by atoms with Crippen LogP contribution >= 0.6 is 23.6 Å². The second-order valence-corrected chi connectivity index (χ2v) is 0.643. The molecule has 0 fully saturated rings. The molecule has 0 unspecified atom stereocenters. The molecule has 0 saturated heterocycles. The van der Waals surface area contributed by atoms with E-state index in [0.29, 0.717) is 0 Å². The summed E-state index contributed by atoms with van der Waals surface area (Å²) in [4.78, 5) is 0. The van der Waals surface area contributed by atoms with E-state index in [-0.39, 0.29) is 20.4 Å². The molecule has 0 aliphatic heterocycles. The van der Waals surface area contributed by atoms with Crippen molar-refractivity contribution in [2.45, 2.75) is 0 Å². The van der Waals surface area contributed by atoms with Gasteiger partial charge in [-0.05, 0) is 23.6 Å². The normalized spacial score (nSPS) is 4.50. The molecule has 28 valence electrons. The van der Waals surface area contributed by atoms with Crippen LogP contribution in [0.3, 0.4) is 0 Å². The molecular formula is HCl2NPd+2. The topological polar surface area (TPSA) is 12.0 Å². The maximum atomic E-state index is 4.51. The van der Waals surface area contributed by atoms with Crippen molar-refractivity contribution in [1.29, 1.82) is 0 Å². The fourth-order valence-electron chi connectivity index (χ4n) is 0. The van der Waals surface area contributed by atoms with Gasteiger partial charge < -0.3 is 0 Å². The smallest absolute Gasteiger partial charge is 0.145 e. The minimum Gasteiger partial charge on any atom is -0.145 e. The second kappa shape index (κ2) is 8.88. The molecule has 0 aromatic rings. The summed E-state index contributed by atoms with van der Waals surface area (Å²) >= 11 is 9.03. The molecule has 0 spiro atoms. The van der Waals surface area contributed by atoms with Gasteiger partial charge in [-0.1, -0.05) is 0 Å². The van der Waals surface area contributed by atoms with Gasteiger partial charge in [0.2, 0.25) is 0 Å². The monoisotopic (exact) mass is 191 g/mol. The van der Waals surface area contributed by atoms with Gasteiger partial charge in [0.15, 0.2) is 0 Å². The average Bonchev–Trinajstić information content (AvgIpc) is 0.918. The zero-order valence-corrected chi connectivity index (χ0v) is 4.64. The van der Waals surface area contributed by atoms with Gasteiger partial charge in [0, 0.05) is 0 Å². The van der Waals surface area contributed by atoms with E-state index in [0.717, 1.165) is 0 Å². The van der Waals surface area contributed by atoms with E-state index in [1.165, 1.54) is 0 Å². The van der Waals surface area contributed by atoms with E-state index in [4.69, 9.17) is 0 Å². The standard InChI is InChI=1S/Cl2HN.Pd/c1-3-2;/h3H;/q;+2. The molecule has 4 heteroatoms. The fourth-order valence-corrected chi connectivity index (χ4v) is 0. The van der Waals surface area contributed by atoms with Gasteiger partial charge in [-0.2, -0.15) is 0 Å². The quantitative estimate of drug-likeness (QED) is 0.444. The third-order valence-electron chi connectivity index (χ3n) is 0. The molecule has 0 aromatic carbocycles. The van der Waals surface area contributed by atoms with Crippen LogP contribution in [0, 0.1) is 0 Å². The van der Waals surface area contributed by atoms with Crippen molar-refractivity contribution < 1.29 is 20.4 Å². The summed E-state index contributed by atoms with van der Waals surface area (Å²) in [5.41, 5.74) is 0. The average molecular weight is 192 g/mol. The predicted octanol–water partition coefficient (Wildman–Crippen LogP) is 0.881. The number of rotatable bonds is 0. The molecule has 0 amide bonds. The van der Waals surface area contributed by atoms with Crippen molar-refractivity contribution in [2.75, 3.05) is 0 Å². The van der Waals surface area contributed by atoms with Crippen LogP contribution in [0.5, 0.6) is 0 Å². The first-order chi connectivity index (χ1) is 1.41.